The van der Waals surface area contributed by atoms with Gasteiger partial charge < -0.3 is 14.8 Å². The van der Waals surface area contributed by atoms with E-state index in [4.69, 9.17) is 4.42 Å². The minimum Gasteiger partial charge on any atom is -0.447 e. The summed E-state index contributed by atoms with van der Waals surface area (Å²) in [4.78, 5) is 16.5. The van der Waals surface area contributed by atoms with E-state index in [1.54, 1.807) is 42.9 Å². The summed E-state index contributed by atoms with van der Waals surface area (Å²) in [5.41, 5.74) is 0.498. The number of aliphatic hydroxyl groups is 1. The van der Waals surface area contributed by atoms with E-state index in [1.165, 1.54) is 23.6 Å². The molecule has 1 aromatic carbocycles. The number of aromatic nitrogens is 4. The number of anilines is 2. The van der Waals surface area contributed by atoms with Gasteiger partial charge in [0.2, 0.25) is 5.95 Å². The van der Waals surface area contributed by atoms with E-state index in [-0.39, 0.29) is 11.6 Å². The highest BCUT2D eigenvalue weighted by Gasteiger charge is 2.23. The number of nitrogens with zero attached hydrogens (tertiary/aromatic N) is 4. The summed E-state index contributed by atoms with van der Waals surface area (Å²) in [6, 6.07) is 11.9. The van der Waals surface area contributed by atoms with Crippen molar-refractivity contribution in [2.45, 2.75) is 19.0 Å². The highest BCUT2D eigenvalue weighted by atomic mass is 32.1. The molecule has 1 unspecified atom stereocenters. The first-order chi connectivity index (χ1) is 16.9. The second-order valence-electron chi connectivity index (χ2n) is 7.65. The number of fused-ring (bicyclic) bond motifs is 1. The van der Waals surface area contributed by atoms with Gasteiger partial charge in [-0.3, -0.25) is 4.98 Å². The maximum atomic E-state index is 13.0. The van der Waals surface area contributed by atoms with E-state index >= 15 is 0 Å². The number of nitrogens with one attached hydrogen (secondary N) is 1. The van der Waals surface area contributed by atoms with E-state index in [1.807, 2.05) is 18.2 Å². The van der Waals surface area contributed by atoms with Gasteiger partial charge in [-0.05, 0) is 37.1 Å². The minimum atomic E-state index is -2.68. The fraction of sp³-hybridized carbons (Fsp3) is 0.120. The maximum Gasteiger partial charge on any atom is 0.280 e. The Morgan fingerprint density at radius 1 is 1.09 bits per heavy atom. The zero-order chi connectivity index (χ0) is 24.4. The van der Waals surface area contributed by atoms with Gasteiger partial charge in [0, 0.05) is 46.7 Å². The average Bonchev–Trinajstić information content (AvgIpc) is 3.54. The Kier molecular flexibility index (Phi) is 5.94. The molecule has 1 atom stereocenters. The Labute approximate surface area is 202 Å². The van der Waals surface area contributed by atoms with Crippen LogP contribution in [0.2, 0.25) is 0 Å². The summed E-state index contributed by atoms with van der Waals surface area (Å²) >= 11 is 1.32. The van der Waals surface area contributed by atoms with Gasteiger partial charge in [0.15, 0.2) is 11.4 Å². The van der Waals surface area contributed by atoms with Crippen LogP contribution < -0.4 is 5.32 Å². The number of furan rings is 1. The van der Waals surface area contributed by atoms with Gasteiger partial charge >= 0.3 is 0 Å². The van der Waals surface area contributed by atoms with Crippen molar-refractivity contribution in [3.63, 3.8) is 0 Å². The molecule has 0 aliphatic heterocycles. The normalized spacial score (nSPS) is 12.8. The van der Waals surface area contributed by atoms with E-state index in [2.05, 4.69) is 37.1 Å². The van der Waals surface area contributed by atoms with Crippen LogP contribution in [0.1, 0.15) is 29.8 Å². The lowest BCUT2D eigenvalue weighted by Gasteiger charge is -2.11. The van der Waals surface area contributed by atoms with E-state index in [0.29, 0.717) is 33.3 Å². The molecular formula is C25H17F2N5O2S. The molecule has 0 radical (unpaired) electrons. The average molecular weight is 490 g/mol. The van der Waals surface area contributed by atoms with Crippen molar-refractivity contribution >= 4 is 33.9 Å². The molecule has 2 N–H and O–H groups in total. The third-order valence-corrected chi connectivity index (χ3v) is 6.00. The second kappa shape index (κ2) is 9.21. The van der Waals surface area contributed by atoms with Crippen molar-refractivity contribution in [1.29, 1.82) is 0 Å². The van der Waals surface area contributed by atoms with Crippen LogP contribution in [0, 0.1) is 11.8 Å². The third kappa shape index (κ3) is 4.87. The Bertz CT molecular complexity index is 1560. The monoisotopic (exact) mass is 489 g/mol. The largest absolute Gasteiger partial charge is 0.447 e. The molecule has 0 spiro atoms. The predicted molar refractivity (Wildman–Crippen MR) is 128 cm³/mol. The Morgan fingerprint density at radius 3 is 2.74 bits per heavy atom. The Balaban J connectivity index is 1.46. The number of rotatable bonds is 5. The zero-order valence-corrected chi connectivity index (χ0v) is 19.1. The van der Waals surface area contributed by atoms with Crippen LogP contribution in [-0.4, -0.2) is 25.0 Å². The van der Waals surface area contributed by atoms with Gasteiger partial charge in [-0.1, -0.05) is 18.1 Å². The number of hydrogen-bond donors (Lipinski definition) is 2. The summed E-state index contributed by atoms with van der Waals surface area (Å²) in [5, 5.41) is 16.6. The molecular weight excluding hydrogens is 472 g/mol. The first kappa shape index (κ1) is 22.6. The van der Waals surface area contributed by atoms with Crippen molar-refractivity contribution in [2.75, 3.05) is 5.32 Å². The van der Waals surface area contributed by atoms with Gasteiger partial charge in [0.1, 0.15) is 16.3 Å². The highest BCUT2D eigenvalue weighted by molar-refractivity contribution is 7.09. The smallest absolute Gasteiger partial charge is 0.280 e. The summed E-state index contributed by atoms with van der Waals surface area (Å²) in [5.74, 6) is 6.32. The van der Waals surface area contributed by atoms with E-state index in [0.717, 1.165) is 5.39 Å². The van der Waals surface area contributed by atoms with Crippen molar-refractivity contribution in [3.05, 3.63) is 82.9 Å². The molecule has 0 bridgehead atoms. The molecule has 35 heavy (non-hydrogen) atoms. The fourth-order valence-corrected chi connectivity index (χ4v) is 4.02. The number of halogens is 2. The van der Waals surface area contributed by atoms with Crippen molar-refractivity contribution in [3.8, 4) is 23.1 Å². The molecule has 0 amide bonds. The number of alkyl halides is 2. The van der Waals surface area contributed by atoms with Crippen LogP contribution in [0.5, 0.6) is 0 Å². The molecule has 4 heterocycles. The lowest BCUT2D eigenvalue weighted by Crippen LogP contribution is -2.17. The number of pyridine rings is 1. The van der Waals surface area contributed by atoms with Crippen LogP contribution in [0.3, 0.4) is 0 Å². The van der Waals surface area contributed by atoms with Crippen LogP contribution in [0.25, 0.3) is 22.2 Å². The molecule has 0 saturated carbocycles. The zero-order valence-electron chi connectivity index (χ0n) is 18.2. The molecule has 4 aromatic heterocycles. The number of thiazole rings is 1. The second-order valence-corrected chi connectivity index (χ2v) is 8.55. The fourth-order valence-electron chi connectivity index (χ4n) is 3.37. The van der Waals surface area contributed by atoms with Crippen LogP contribution in [0.4, 0.5) is 20.4 Å². The van der Waals surface area contributed by atoms with Crippen molar-refractivity contribution < 1.29 is 18.3 Å². The number of benzene rings is 1. The lowest BCUT2D eigenvalue weighted by molar-refractivity contribution is 0.121. The van der Waals surface area contributed by atoms with E-state index in [9.17, 15) is 13.9 Å². The SMILES string of the molecule is CC(O)(C#Cc1cc2cccc(-c3ccnc(Nc4ccnc(C(F)F)c4)n3)c2o1)c1nccs1. The van der Waals surface area contributed by atoms with Crippen LogP contribution in [0.15, 0.2) is 70.9 Å². The summed E-state index contributed by atoms with van der Waals surface area (Å²) in [6.45, 7) is 1.58. The molecule has 10 heteroatoms. The quantitative estimate of drug-likeness (QED) is 0.307. The Hall–Kier alpha value is -4.20. The summed E-state index contributed by atoms with van der Waals surface area (Å²) in [7, 11) is 0. The molecule has 0 fully saturated rings. The molecule has 0 saturated heterocycles. The van der Waals surface area contributed by atoms with Crippen LogP contribution >= 0.6 is 11.3 Å². The van der Waals surface area contributed by atoms with Gasteiger partial charge in [-0.2, -0.15) is 0 Å². The Morgan fingerprint density at radius 2 is 1.94 bits per heavy atom. The maximum absolute atomic E-state index is 13.0. The van der Waals surface area contributed by atoms with E-state index < -0.39 is 12.0 Å². The molecule has 0 aliphatic rings. The first-order valence-corrected chi connectivity index (χ1v) is 11.3. The van der Waals surface area contributed by atoms with Crippen molar-refractivity contribution in [2.24, 2.45) is 0 Å². The van der Waals surface area contributed by atoms with Crippen LogP contribution in [-0.2, 0) is 5.60 Å². The van der Waals surface area contributed by atoms with Gasteiger partial charge in [-0.25, -0.2) is 23.7 Å². The molecule has 5 rings (SSSR count). The topological polar surface area (TPSA) is 97.0 Å². The van der Waals surface area contributed by atoms with Gasteiger partial charge in [-0.15, -0.1) is 11.3 Å². The number of hydrogen-bond acceptors (Lipinski definition) is 8. The molecule has 5 aromatic rings. The third-order valence-electron chi connectivity index (χ3n) is 5.01. The summed E-state index contributed by atoms with van der Waals surface area (Å²) in [6.07, 6.45) is 1.79. The van der Waals surface area contributed by atoms with Gasteiger partial charge in [0.05, 0.1) is 5.69 Å². The van der Waals surface area contributed by atoms with Gasteiger partial charge in [0.25, 0.3) is 6.43 Å². The molecule has 174 valence electrons. The molecule has 7 nitrogen and oxygen atoms in total. The first-order valence-electron chi connectivity index (χ1n) is 10.4. The van der Waals surface area contributed by atoms with Crippen molar-refractivity contribution in [1.82, 2.24) is 19.9 Å². The minimum absolute atomic E-state index is 0.233. The lowest BCUT2D eigenvalue weighted by atomic mass is 10.1. The summed E-state index contributed by atoms with van der Waals surface area (Å²) < 4.78 is 31.9. The molecule has 0 aliphatic carbocycles. The standard InChI is InChI=1S/C25H17F2N5O2S/c1-25(33,23-29-11-12-35-23)8-5-17-13-15-3-2-4-18(21(15)34-17)19-7-10-30-24(32-19)31-16-6-9-28-20(14-16)22(26)27/h2-4,6-7,9-14,22,33H,1H3,(H,28,30,31,32). The highest BCUT2D eigenvalue weighted by Crippen LogP contribution is 2.31. The number of para-hydroxylation sites is 1. The predicted octanol–water partition coefficient (Wildman–Crippen LogP) is 5.68.